The molecule has 4 nitrogen and oxygen atoms in total. The molecule has 18 heavy (non-hydrogen) atoms. The molecule has 0 aliphatic heterocycles. The molecule has 0 aliphatic carbocycles. The SMILES string of the molecule is CNc1nc(Cc2csc(C)n2)nc2sccc12. The molecule has 3 aromatic heterocycles. The van der Waals surface area contributed by atoms with Gasteiger partial charge in [0.15, 0.2) is 0 Å². The summed E-state index contributed by atoms with van der Waals surface area (Å²) in [6, 6.07) is 2.04. The number of thiophene rings is 1. The molecule has 0 saturated heterocycles. The van der Waals surface area contributed by atoms with Gasteiger partial charge in [0, 0.05) is 12.4 Å². The molecule has 0 unspecified atom stereocenters. The number of nitrogens with one attached hydrogen (secondary N) is 1. The first-order chi connectivity index (χ1) is 8.76. The van der Waals surface area contributed by atoms with Gasteiger partial charge in [-0.15, -0.1) is 22.7 Å². The first kappa shape index (κ1) is 11.6. The molecular weight excluding hydrogens is 264 g/mol. The molecule has 0 spiro atoms. The fourth-order valence-corrected chi connectivity index (χ4v) is 3.22. The standard InChI is InChI=1S/C12H12N4S2/c1-7-14-8(6-18-7)5-10-15-11(13-2)9-3-4-17-12(9)16-10/h3-4,6H,5H2,1-2H3,(H,13,15,16). The number of aryl methyl sites for hydroxylation is 1. The van der Waals surface area contributed by atoms with Gasteiger partial charge in [0.25, 0.3) is 0 Å². The van der Waals surface area contributed by atoms with Crippen LogP contribution in [-0.4, -0.2) is 22.0 Å². The summed E-state index contributed by atoms with van der Waals surface area (Å²) in [5.74, 6) is 1.71. The van der Waals surface area contributed by atoms with Gasteiger partial charge in [-0.2, -0.15) is 0 Å². The van der Waals surface area contributed by atoms with Crippen molar-refractivity contribution in [3.8, 4) is 0 Å². The van der Waals surface area contributed by atoms with Crippen molar-refractivity contribution in [2.24, 2.45) is 0 Å². The minimum Gasteiger partial charge on any atom is -0.372 e. The fourth-order valence-electron chi connectivity index (χ4n) is 1.82. The van der Waals surface area contributed by atoms with Gasteiger partial charge in [-0.3, -0.25) is 0 Å². The molecule has 0 saturated carbocycles. The Kier molecular flexibility index (Phi) is 2.97. The summed E-state index contributed by atoms with van der Waals surface area (Å²) in [6.45, 7) is 2.01. The average molecular weight is 276 g/mol. The van der Waals surface area contributed by atoms with Gasteiger partial charge >= 0.3 is 0 Å². The monoisotopic (exact) mass is 276 g/mol. The van der Waals surface area contributed by atoms with Crippen molar-refractivity contribution in [2.75, 3.05) is 12.4 Å². The molecule has 3 aromatic rings. The molecule has 92 valence electrons. The molecule has 3 rings (SSSR count). The summed E-state index contributed by atoms with van der Waals surface area (Å²) in [4.78, 5) is 14.6. The Morgan fingerprint density at radius 3 is 2.83 bits per heavy atom. The van der Waals surface area contributed by atoms with E-state index < -0.39 is 0 Å². The first-order valence-corrected chi connectivity index (χ1v) is 7.35. The van der Waals surface area contributed by atoms with E-state index in [4.69, 9.17) is 0 Å². The van der Waals surface area contributed by atoms with Crippen molar-refractivity contribution in [1.29, 1.82) is 0 Å². The van der Waals surface area contributed by atoms with E-state index in [1.54, 1.807) is 22.7 Å². The van der Waals surface area contributed by atoms with Crippen molar-refractivity contribution in [2.45, 2.75) is 13.3 Å². The van der Waals surface area contributed by atoms with E-state index in [1.165, 1.54) is 0 Å². The predicted molar refractivity (Wildman–Crippen MR) is 76.6 cm³/mol. The summed E-state index contributed by atoms with van der Waals surface area (Å²) in [5.41, 5.74) is 1.04. The van der Waals surface area contributed by atoms with Crippen LogP contribution in [0, 0.1) is 6.92 Å². The fraction of sp³-hybridized carbons (Fsp3) is 0.250. The lowest BCUT2D eigenvalue weighted by atomic mass is 10.3. The smallest absolute Gasteiger partial charge is 0.138 e. The number of hydrogen-bond donors (Lipinski definition) is 1. The van der Waals surface area contributed by atoms with Crippen LogP contribution in [0.15, 0.2) is 16.8 Å². The van der Waals surface area contributed by atoms with Crippen molar-refractivity contribution in [3.63, 3.8) is 0 Å². The highest BCUT2D eigenvalue weighted by Gasteiger charge is 2.09. The van der Waals surface area contributed by atoms with Crippen LogP contribution in [-0.2, 0) is 6.42 Å². The average Bonchev–Trinajstić information content (AvgIpc) is 2.97. The Morgan fingerprint density at radius 2 is 2.11 bits per heavy atom. The highest BCUT2D eigenvalue weighted by atomic mass is 32.1. The van der Waals surface area contributed by atoms with Crippen LogP contribution in [0.1, 0.15) is 16.5 Å². The minimum atomic E-state index is 0.687. The molecule has 0 amide bonds. The summed E-state index contributed by atoms with van der Waals surface area (Å²) in [5, 5.41) is 9.39. The maximum atomic E-state index is 4.58. The quantitative estimate of drug-likeness (QED) is 0.798. The predicted octanol–water partition coefficient (Wildman–Crippen LogP) is 3.09. The third-order valence-electron chi connectivity index (χ3n) is 2.61. The number of anilines is 1. The lowest BCUT2D eigenvalue weighted by Gasteiger charge is -2.04. The number of rotatable bonds is 3. The zero-order valence-corrected chi connectivity index (χ0v) is 11.7. The van der Waals surface area contributed by atoms with Crippen LogP contribution in [0.5, 0.6) is 0 Å². The number of hydrogen-bond acceptors (Lipinski definition) is 6. The van der Waals surface area contributed by atoms with Crippen LogP contribution in [0.4, 0.5) is 5.82 Å². The van der Waals surface area contributed by atoms with Gasteiger partial charge in [0.1, 0.15) is 16.5 Å². The largest absolute Gasteiger partial charge is 0.372 e. The third kappa shape index (κ3) is 2.09. The lowest BCUT2D eigenvalue weighted by Crippen LogP contribution is -2.01. The van der Waals surface area contributed by atoms with Crippen LogP contribution in [0.3, 0.4) is 0 Å². The van der Waals surface area contributed by atoms with E-state index >= 15 is 0 Å². The normalized spacial score (nSPS) is 11.0. The lowest BCUT2D eigenvalue weighted by molar-refractivity contribution is 0.963. The maximum Gasteiger partial charge on any atom is 0.138 e. The minimum absolute atomic E-state index is 0.687. The molecule has 1 N–H and O–H groups in total. The third-order valence-corrected chi connectivity index (χ3v) is 4.24. The highest BCUT2D eigenvalue weighted by molar-refractivity contribution is 7.16. The van der Waals surface area contributed by atoms with E-state index in [9.17, 15) is 0 Å². The second kappa shape index (κ2) is 4.62. The molecule has 6 heteroatoms. The van der Waals surface area contributed by atoms with Crippen LogP contribution in [0.25, 0.3) is 10.2 Å². The van der Waals surface area contributed by atoms with Crippen molar-refractivity contribution >= 4 is 38.7 Å². The zero-order valence-electron chi connectivity index (χ0n) is 10.1. The molecule has 0 atom stereocenters. The zero-order chi connectivity index (χ0) is 12.5. The number of aromatic nitrogens is 3. The van der Waals surface area contributed by atoms with Crippen molar-refractivity contribution < 1.29 is 0 Å². The first-order valence-electron chi connectivity index (χ1n) is 5.59. The molecule has 0 radical (unpaired) electrons. The molecule has 0 fully saturated rings. The Hall–Kier alpha value is -1.53. The Morgan fingerprint density at radius 1 is 1.22 bits per heavy atom. The van der Waals surface area contributed by atoms with E-state index in [-0.39, 0.29) is 0 Å². The molecule has 3 heterocycles. The van der Waals surface area contributed by atoms with Gasteiger partial charge < -0.3 is 5.32 Å². The van der Waals surface area contributed by atoms with Crippen molar-refractivity contribution in [3.05, 3.63) is 33.4 Å². The molecule has 0 aromatic carbocycles. The van der Waals surface area contributed by atoms with E-state index in [0.29, 0.717) is 6.42 Å². The topological polar surface area (TPSA) is 50.7 Å². The summed E-state index contributed by atoms with van der Waals surface area (Å²) in [7, 11) is 1.89. The van der Waals surface area contributed by atoms with Crippen molar-refractivity contribution in [1.82, 2.24) is 15.0 Å². The van der Waals surface area contributed by atoms with Gasteiger partial charge in [-0.25, -0.2) is 15.0 Å². The second-order valence-electron chi connectivity index (χ2n) is 3.91. The van der Waals surface area contributed by atoms with E-state index in [2.05, 4.69) is 25.6 Å². The Balaban J connectivity index is 2.01. The van der Waals surface area contributed by atoms with Crippen LogP contribution in [0.2, 0.25) is 0 Å². The Labute approximate surface area is 113 Å². The Bertz CT molecular complexity index is 686. The number of nitrogens with zero attached hydrogens (tertiary/aromatic N) is 3. The van der Waals surface area contributed by atoms with E-state index in [1.807, 2.05) is 25.4 Å². The van der Waals surface area contributed by atoms with E-state index in [0.717, 1.165) is 32.6 Å². The molecular formula is C12H12N4S2. The van der Waals surface area contributed by atoms with Gasteiger partial charge in [-0.05, 0) is 18.4 Å². The van der Waals surface area contributed by atoms with Crippen LogP contribution < -0.4 is 5.32 Å². The summed E-state index contributed by atoms with van der Waals surface area (Å²) in [6.07, 6.45) is 0.687. The second-order valence-corrected chi connectivity index (χ2v) is 5.87. The molecule has 0 aliphatic rings. The summed E-state index contributed by atoms with van der Waals surface area (Å²) >= 11 is 3.30. The highest BCUT2D eigenvalue weighted by Crippen LogP contribution is 2.25. The van der Waals surface area contributed by atoms with Gasteiger partial charge in [0.05, 0.1) is 22.5 Å². The number of thiazole rings is 1. The molecule has 0 bridgehead atoms. The van der Waals surface area contributed by atoms with Crippen LogP contribution >= 0.6 is 22.7 Å². The number of fused-ring (bicyclic) bond motifs is 1. The summed E-state index contributed by atoms with van der Waals surface area (Å²) < 4.78 is 0. The maximum absolute atomic E-state index is 4.58. The van der Waals surface area contributed by atoms with Gasteiger partial charge in [0.2, 0.25) is 0 Å². The van der Waals surface area contributed by atoms with Gasteiger partial charge in [-0.1, -0.05) is 0 Å².